The minimum absolute atomic E-state index is 0.0635. The number of hydrogen-bond acceptors (Lipinski definition) is 5. The van der Waals surface area contributed by atoms with Gasteiger partial charge in [0.2, 0.25) is 5.91 Å². The van der Waals surface area contributed by atoms with E-state index in [1.54, 1.807) is 0 Å². The largest absolute Gasteiger partial charge is 0.366 e. The zero-order chi connectivity index (χ0) is 17.5. The van der Waals surface area contributed by atoms with Crippen LogP contribution in [0.25, 0.3) is 10.8 Å². The van der Waals surface area contributed by atoms with Crippen LogP contribution in [0.15, 0.2) is 36.7 Å². The summed E-state index contributed by atoms with van der Waals surface area (Å²) in [6.07, 6.45) is 7.39. The lowest BCUT2D eigenvalue weighted by Gasteiger charge is -2.37. The van der Waals surface area contributed by atoms with Crippen molar-refractivity contribution in [1.29, 1.82) is 0 Å². The van der Waals surface area contributed by atoms with E-state index in [-0.39, 0.29) is 11.9 Å². The molecule has 1 saturated carbocycles. The standard InChI is InChI=1S/C20H25N5O/c26-20(18-11-17(22-23-18)14-5-6-14)25-9-7-24(8-10-25)19-13-21-12-15-3-1-2-4-16(15)19/h1-4,12-14,17-18,22-23H,5-11H2. The van der Waals surface area contributed by atoms with Gasteiger partial charge in [-0.25, -0.2) is 5.43 Å². The van der Waals surface area contributed by atoms with Crippen LogP contribution in [0.2, 0.25) is 0 Å². The van der Waals surface area contributed by atoms with E-state index in [0.717, 1.165) is 43.9 Å². The summed E-state index contributed by atoms with van der Waals surface area (Å²) in [5, 5.41) is 2.40. The number of amides is 1. The third-order valence-corrected chi connectivity index (χ3v) is 6.00. The first-order valence-corrected chi connectivity index (χ1v) is 9.67. The van der Waals surface area contributed by atoms with Gasteiger partial charge in [-0.3, -0.25) is 15.2 Å². The fourth-order valence-electron chi connectivity index (χ4n) is 4.29. The van der Waals surface area contributed by atoms with Gasteiger partial charge in [-0.1, -0.05) is 24.3 Å². The number of carbonyl (C=O) groups is 1. The molecule has 2 atom stereocenters. The maximum absolute atomic E-state index is 12.8. The lowest BCUT2D eigenvalue weighted by Crippen LogP contribution is -2.53. The van der Waals surface area contributed by atoms with Crippen LogP contribution >= 0.6 is 0 Å². The molecule has 3 fully saturated rings. The SMILES string of the molecule is O=C(C1CC(C2CC2)NN1)N1CCN(c2cncc3ccccc23)CC1. The summed E-state index contributed by atoms with van der Waals surface area (Å²) in [6, 6.07) is 8.78. The summed E-state index contributed by atoms with van der Waals surface area (Å²) >= 11 is 0. The van der Waals surface area contributed by atoms with E-state index in [4.69, 9.17) is 0 Å². The van der Waals surface area contributed by atoms with E-state index in [0.29, 0.717) is 6.04 Å². The predicted molar refractivity (Wildman–Crippen MR) is 102 cm³/mol. The number of pyridine rings is 1. The van der Waals surface area contributed by atoms with Gasteiger partial charge >= 0.3 is 0 Å². The molecule has 1 aromatic heterocycles. The van der Waals surface area contributed by atoms with Crippen molar-refractivity contribution in [2.45, 2.75) is 31.3 Å². The van der Waals surface area contributed by atoms with Crippen molar-refractivity contribution in [1.82, 2.24) is 20.7 Å². The normalized spacial score (nSPS) is 26.5. The maximum Gasteiger partial charge on any atom is 0.241 e. The quantitative estimate of drug-likeness (QED) is 0.878. The van der Waals surface area contributed by atoms with Gasteiger partial charge in [-0.15, -0.1) is 0 Å². The van der Waals surface area contributed by atoms with Crippen LogP contribution in [0.3, 0.4) is 0 Å². The van der Waals surface area contributed by atoms with E-state index in [9.17, 15) is 4.79 Å². The Balaban J connectivity index is 1.24. The molecule has 2 N–H and O–H groups in total. The highest BCUT2D eigenvalue weighted by Gasteiger charge is 2.40. The van der Waals surface area contributed by atoms with Crippen LogP contribution in [0.5, 0.6) is 0 Å². The molecule has 0 spiro atoms. The van der Waals surface area contributed by atoms with Crippen molar-refractivity contribution in [3.05, 3.63) is 36.7 Å². The molecule has 2 saturated heterocycles. The fraction of sp³-hybridized carbons (Fsp3) is 0.500. The van der Waals surface area contributed by atoms with Crippen LogP contribution in [-0.2, 0) is 4.79 Å². The Morgan fingerprint density at radius 3 is 2.65 bits per heavy atom. The van der Waals surface area contributed by atoms with Crippen molar-refractivity contribution in [3.63, 3.8) is 0 Å². The van der Waals surface area contributed by atoms with Crippen molar-refractivity contribution in [2.75, 3.05) is 31.1 Å². The van der Waals surface area contributed by atoms with Crippen LogP contribution in [-0.4, -0.2) is 54.1 Å². The van der Waals surface area contributed by atoms with Gasteiger partial charge in [-0.2, -0.15) is 0 Å². The van der Waals surface area contributed by atoms with Crippen molar-refractivity contribution in [3.8, 4) is 0 Å². The van der Waals surface area contributed by atoms with E-state index in [1.165, 1.54) is 23.9 Å². The number of rotatable bonds is 3. The predicted octanol–water partition coefficient (Wildman–Crippen LogP) is 1.53. The lowest BCUT2D eigenvalue weighted by molar-refractivity contribution is -0.133. The first kappa shape index (κ1) is 16.0. The molecular weight excluding hydrogens is 326 g/mol. The number of anilines is 1. The molecule has 0 radical (unpaired) electrons. The lowest BCUT2D eigenvalue weighted by atomic mass is 10.0. The van der Waals surface area contributed by atoms with E-state index in [1.807, 2.05) is 23.4 Å². The topological polar surface area (TPSA) is 60.5 Å². The van der Waals surface area contributed by atoms with Crippen LogP contribution < -0.4 is 15.8 Å². The first-order chi connectivity index (χ1) is 12.8. The molecular formula is C20H25N5O. The molecule has 1 amide bonds. The molecule has 3 heterocycles. The molecule has 2 aliphatic heterocycles. The Hall–Kier alpha value is -2.18. The number of hydrazine groups is 1. The second-order valence-corrected chi connectivity index (χ2v) is 7.71. The number of nitrogens with zero attached hydrogens (tertiary/aromatic N) is 3. The molecule has 5 rings (SSSR count). The first-order valence-electron chi connectivity index (χ1n) is 9.67. The third-order valence-electron chi connectivity index (χ3n) is 6.00. The average molecular weight is 351 g/mol. The molecule has 26 heavy (non-hydrogen) atoms. The van der Waals surface area contributed by atoms with E-state index in [2.05, 4.69) is 38.9 Å². The van der Waals surface area contributed by atoms with E-state index >= 15 is 0 Å². The molecule has 136 valence electrons. The third kappa shape index (κ3) is 2.93. The number of aromatic nitrogens is 1. The minimum Gasteiger partial charge on any atom is -0.366 e. The summed E-state index contributed by atoms with van der Waals surface area (Å²) < 4.78 is 0. The Morgan fingerprint density at radius 1 is 1.04 bits per heavy atom. The van der Waals surface area contributed by atoms with Crippen LogP contribution in [0.4, 0.5) is 5.69 Å². The summed E-state index contributed by atoms with van der Waals surface area (Å²) in [5.41, 5.74) is 7.73. The van der Waals surface area contributed by atoms with Crippen LogP contribution in [0.1, 0.15) is 19.3 Å². The zero-order valence-electron chi connectivity index (χ0n) is 14.9. The van der Waals surface area contributed by atoms with Gasteiger partial charge in [0.05, 0.1) is 11.9 Å². The highest BCUT2D eigenvalue weighted by atomic mass is 16.2. The number of nitrogens with one attached hydrogen (secondary N) is 2. The average Bonchev–Trinajstić information content (AvgIpc) is 3.44. The Bertz CT molecular complexity index is 807. The van der Waals surface area contributed by atoms with Gasteiger partial charge in [0.25, 0.3) is 0 Å². The fourth-order valence-corrected chi connectivity index (χ4v) is 4.29. The summed E-state index contributed by atoms with van der Waals surface area (Å²) in [5.74, 6) is 1.02. The second kappa shape index (κ2) is 6.52. The molecule has 0 bridgehead atoms. The molecule has 6 nitrogen and oxygen atoms in total. The molecule has 1 aliphatic carbocycles. The van der Waals surface area contributed by atoms with E-state index < -0.39 is 0 Å². The van der Waals surface area contributed by atoms with Gasteiger partial charge < -0.3 is 9.80 Å². The Labute approximate surface area is 153 Å². The van der Waals surface area contributed by atoms with Gasteiger partial charge in [0, 0.05) is 49.2 Å². The summed E-state index contributed by atoms with van der Waals surface area (Å²) in [6.45, 7) is 3.25. The monoisotopic (exact) mass is 351 g/mol. The Kier molecular flexibility index (Phi) is 4.02. The second-order valence-electron chi connectivity index (χ2n) is 7.71. The molecule has 2 unspecified atom stereocenters. The van der Waals surface area contributed by atoms with Crippen LogP contribution in [0, 0.1) is 5.92 Å². The number of hydrogen-bond donors (Lipinski definition) is 2. The molecule has 3 aliphatic rings. The van der Waals surface area contributed by atoms with Gasteiger partial charge in [0.15, 0.2) is 0 Å². The number of piperazine rings is 1. The smallest absolute Gasteiger partial charge is 0.241 e. The summed E-state index contributed by atoms with van der Waals surface area (Å²) in [7, 11) is 0. The van der Waals surface area contributed by atoms with Crippen molar-refractivity contribution in [2.24, 2.45) is 5.92 Å². The zero-order valence-corrected chi connectivity index (χ0v) is 14.9. The molecule has 1 aromatic carbocycles. The van der Waals surface area contributed by atoms with Crippen molar-refractivity contribution < 1.29 is 4.79 Å². The van der Waals surface area contributed by atoms with Gasteiger partial charge in [0.1, 0.15) is 6.04 Å². The maximum atomic E-state index is 12.8. The number of benzene rings is 1. The molecule has 2 aromatic rings. The van der Waals surface area contributed by atoms with Gasteiger partial charge in [-0.05, 0) is 25.2 Å². The minimum atomic E-state index is -0.0635. The molecule has 6 heteroatoms. The number of fused-ring (bicyclic) bond motifs is 1. The Morgan fingerprint density at radius 2 is 1.85 bits per heavy atom. The highest BCUT2D eigenvalue weighted by Crippen LogP contribution is 2.36. The van der Waals surface area contributed by atoms with Crippen molar-refractivity contribution >= 4 is 22.4 Å². The highest BCUT2D eigenvalue weighted by molar-refractivity contribution is 5.93. The summed E-state index contributed by atoms with van der Waals surface area (Å²) in [4.78, 5) is 21.6. The number of carbonyl (C=O) groups excluding carboxylic acids is 1.